The highest BCUT2D eigenvalue weighted by atomic mass is 32.2. The molecule has 0 bridgehead atoms. The van der Waals surface area contributed by atoms with Gasteiger partial charge >= 0.3 is 10.2 Å². The fourth-order valence-electron chi connectivity index (χ4n) is 2.05. The van der Waals surface area contributed by atoms with Crippen LogP contribution in [0.25, 0.3) is 0 Å². The third-order valence-electron chi connectivity index (χ3n) is 3.00. The molecule has 21 heavy (non-hydrogen) atoms. The first-order chi connectivity index (χ1) is 9.89. The number of ether oxygens (including phenoxy) is 1. The van der Waals surface area contributed by atoms with Crippen molar-refractivity contribution in [3.05, 3.63) is 23.8 Å². The van der Waals surface area contributed by atoms with E-state index in [-0.39, 0.29) is 5.84 Å². The number of anilines is 1. The first-order valence-electron chi connectivity index (χ1n) is 6.68. The summed E-state index contributed by atoms with van der Waals surface area (Å²) in [5.41, 5.74) is 6.63. The van der Waals surface area contributed by atoms with Crippen molar-refractivity contribution in [2.45, 2.75) is 12.8 Å². The second-order valence-electron chi connectivity index (χ2n) is 5.09. The molecule has 1 aliphatic rings. The Hall–Kier alpha value is -1.80. The Kier molecular flexibility index (Phi) is 4.69. The van der Waals surface area contributed by atoms with Gasteiger partial charge in [0.2, 0.25) is 0 Å². The predicted octanol–water partition coefficient (Wildman–Crippen LogP) is 0.783. The van der Waals surface area contributed by atoms with E-state index in [1.165, 1.54) is 0 Å². The number of unbranched alkanes of at least 4 members (excludes halogenated alkanes) is 1. The minimum absolute atomic E-state index is 0.0485. The van der Waals surface area contributed by atoms with Gasteiger partial charge in [0.1, 0.15) is 5.75 Å². The first kappa shape index (κ1) is 15.6. The molecule has 1 aromatic rings. The maximum atomic E-state index is 11.5. The maximum Gasteiger partial charge on any atom is 0.344 e. The molecule has 0 spiro atoms. The third kappa shape index (κ3) is 4.08. The summed E-state index contributed by atoms with van der Waals surface area (Å²) < 4.78 is 34.5. The number of hydrogen-bond acceptors (Lipinski definition) is 5. The number of rotatable bonds is 6. The molecule has 3 N–H and O–H groups in total. The van der Waals surface area contributed by atoms with Gasteiger partial charge in [0.05, 0.1) is 17.9 Å². The van der Waals surface area contributed by atoms with E-state index in [0.717, 1.165) is 19.4 Å². The average molecular weight is 312 g/mol. The first-order valence-corrected chi connectivity index (χ1v) is 8.12. The highest BCUT2D eigenvalue weighted by molar-refractivity contribution is 7.91. The molecule has 8 heteroatoms. The molecular formula is C13H20N4O3S. The second-order valence-corrected chi connectivity index (χ2v) is 6.43. The van der Waals surface area contributed by atoms with Crippen LogP contribution >= 0.6 is 0 Å². The fourth-order valence-corrected chi connectivity index (χ4v) is 2.89. The maximum absolute atomic E-state index is 11.5. The molecule has 0 saturated carbocycles. The summed E-state index contributed by atoms with van der Waals surface area (Å²) in [5.74, 6) is 0.494. The van der Waals surface area contributed by atoms with Crippen LogP contribution in [0.15, 0.2) is 22.6 Å². The van der Waals surface area contributed by atoms with Crippen molar-refractivity contribution in [1.29, 1.82) is 0 Å². The zero-order valence-electron chi connectivity index (χ0n) is 12.2. The van der Waals surface area contributed by atoms with Crippen LogP contribution in [0.5, 0.6) is 5.75 Å². The molecule has 116 valence electrons. The van der Waals surface area contributed by atoms with E-state index in [1.807, 2.05) is 14.1 Å². The van der Waals surface area contributed by atoms with Gasteiger partial charge in [0.25, 0.3) is 0 Å². The number of nitrogens with zero attached hydrogens (tertiary/aromatic N) is 2. The molecule has 0 amide bonds. The normalized spacial score (nSPS) is 16.0. The third-order valence-corrected chi connectivity index (χ3v) is 3.91. The molecule has 0 saturated heterocycles. The molecule has 0 radical (unpaired) electrons. The van der Waals surface area contributed by atoms with Crippen LogP contribution in [0.2, 0.25) is 0 Å². The van der Waals surface area contributed by atoms with Gasteiger partial charge < -0.3 is 15.4 Å². The molecule has 0 fully saturated rings. The van der Waals surface area contributed by atoms with Crippen molar-refractivity contribution in [3.63, 3.8) is 0 Å². The summed E-state index contributed by atoms with van der Waals surface area (Å²) in [4.78, 5) is 2.11. The summed E-state index contributed by atoms with van der Waals surface area (Å²) in [6.45, 7) is 1.55. The van der Waals surface area contributed by atoms with E-state index >= 15 is 0 Å². The van der Waals surface area contributed by atoms with Crippen molar-refractivity contribution < 1.29 is 13.2 Å². The summed E-state index contributed by atoms with van der Waals surface area (Å²) in [6, 6.07) is 5.11. The lowest BCUT2D eigenvalue weighted by atomic mass is 10.1. The summed E-state index contributed by atoms with van der Waals surface area (Å²) in [7, 11) is 0.302. The SMILES string of the molecule is CN(C)CCCCOc1cccc2c1C(N)=NS(=O)(=O)N2. The summed E-state index contributed by atoms with van der Waals surface area (Å²) in [6.07, 6.45) is 1.93. The second kappa shape index (κ2) is 6.31. The summed E-state index contributed by atoms with van der Waals surface area (Å²) in [5, 5.41) is 0. The Labute approximate surface area is 125 Å². The van der Waals surface area contributed by atoms with Crippen molar-refractivity contribution in [3.8, 4) is 5.75 Å². The van der Waals surface area contributed by atoms with Crippen molar-refractivity contribution in [1.82, 2.24) is 4.90 Å². The van der Waals surface area contributed by atoms with Gasteiger partial charge in [0.15, 0.2) is 5.84 Å². The van der Waals surface area contributed by atoms with Crippen molar-refractivity contribution >= 4 is 21.7 Å². The fraction of sp³-hybridized carbons (Fsp3) is 0.462. The molecular weight excluding hydrogens is 292 g/mol. The minimum atomic E-state index is -3.75. The van der Waals surface area contributed by atoms with Gasteiger partial charge in [-0.05, 0) is 45.6 Å². The van der Waals surface area contributed by atoms with Crippen molar-refractivity contribution in [2.24, 2.45) is 10.1 Å². The molecule has 1 aromatic carbocycles. The quantitative estimate of drug-likeness (QED) is 0.757. The summed E-state index contributed by atoms with van der Waals surface area (Å²) >= 11 is 0. The Bertz CT molecular complexity index is 641. The van der Waals surface area contributed by atoms with Crippen LogP contribution in [-0.4, -0.2) is 46.4 Å². The van der Waals surface area contributed by atoms with Crippen LogP contribution in [0, 0.1) is 0 Å². The van der Waals surface area contributed by atoms with E-state index < -0.39 is 10.2 Å². The number of hydrogen-bond donors (Lipinski definition) is 2. The van der Waals surface area contributed by atoms with Crippen LogP contribution in [-0.2, 0) is 10.2 Å². The standard InChI is InChI=1S/C13H20N4O3S/c1-17(2)8-3-4-9-20-11-7-5-6-10-12(11)13(14)16-21(18,19)15-10/h5-7,15H,3-4,8-9H2,1-2H3,(H2,14,16). The van der Waals surface area contributed by atoms with Gasteiger partial charge in [-0.15, -0.1) is 4.40 Å². The number of fused-ring (bicyclic) bond motifs is 1. The zero-order valence-corrected chi connectivity index (χ0v) is 13.0. The van der Waals surface area contributed by atoms with Gasteiger partial charge in [-0.1, -0.05) is 6.07 Å². The van der Waals surface area contributed by atoms with Gasteiger partial charge in [0, 0.05) is 0 Å². The highest BCUT2D eigenvalue weighted by Crippen LogP contribution is 2.30. The lowest BCUT2D eigenvalue weighted by Crippen LogP contribution is -2.27. The number of amidine groups is 1. The lowest BCUT2D eigenvalue weighted by molar-refractivity contribution is 0.293. The Morgan fingerprint density at radius 2 is 2.10 bits per heavy atom. The van der Waals surface area contributed by atoms with Crippen LogP contribution < -0.4 is 15.2 Å². The molecule has 7 nitrogen and oxygen atoms in total. The molecule has 2 rings (SSSR count). The molecule has 0 atom stereocenters. The largest absolute Gasteiger partial charge is 0.493 e. The monoisotopic (exact) mass is 312 g/mol. The molecule has 0 aliphatic carbocycles. The Balaban J connectivity index is 2.06. The molecule has 0 unspecified atom stereocenters. The topological polar surface area (TPSA) is 97.0 Å². The number of nitrogens with two attached hydrogens (primary N) is 1. The smallest absolute Gasteiger partial charge is 0.344 e. The predicted molar refractivity (Wildman–Crippen MR) is 83.0 cm³/mol. The van der Waals surface area contributed by atoms with Crippen molar-refractivity contribution in [2.75, 3.05) is 32.0 Å². The van der Waals surface area contributed by atoms with Crippen LogP contribution in [0.1, 0.15) is 18.4 Å². The van der Waals surface area contributed by atoms with Crippen LogP contribution in [0.4, 0.5) is 5.69 Å². The number of nitrogens with one attached hydrogen (secondary N) is 1. The van der Waals surface area contributed by atoms with E-state index in [1.54, 1.807) is 18.2 Å². The minimum Gasteiger partial charge on any atom is -0.493 e. The van der Waals surface area contributed by atoms with E-state index in [2.05, 4.69) is 14.0 Å². The molecule has 1 aliphatic heterocycles. The highest BCUT2D eigenvalue weighted by Gasteiger charge is 2.24. The van der Waals surface area contributed by atoms with Gasteiger partial charge in [-0.3, -0.25) is 4.72 Å². The van der Waals surface area contributed by atoms with E-state index in [4.69, 9.17) is 10.5 Å². The van der Waals surface area contributed by atoms with E-state index in [0.29, 0.717) is 23.6 Å². The Morgan fingerprint density at radius 3 is 2.81 bits per heavy atom. The van der Waals surface area contributed by atoms with Gasteiger partial charge in [-0.25, -0.2) is 0 Å². The average Bonchev–Trinajstić information content (AvgIpc) is 2.36. The molecule has 1 heterocycles. The number of benzene rings is 1. The molecule has 0 aromatic heterocycles. The Morgan fingerprint density at radius 1 is 1.33 bits per heavy atom. The van der Waals surface area contributed by atoms with Gasteiger partial charge in [-0.2, -0.15) is 8.42 Å². The zero-order chi connectivity index (χ0) is 15.5. The lowest BCUT2D eigenvalue weighted by Gasteiger charge is -2.19. The van der Waals surface area contributed by atoms with E-state index in [9.17, 15) is 8.42 Å². The van der Waals surface area contributed by atoms with Crippen LogP contribution in [0.3, 0.4) is 0 Å².